The summed E-state index contributed by atoms with van der Waals surface area (Å²) in [4.78, 5) is 0. The van der Waals surface area contributed by atoms with Crippen LogP contribution in [0.25, 0.3) is 0 Å². The first kappa shape index (κ1) is 6.76. The Morgan fingerprint density at radius 2 is 2.36 bits per heavy atom. The number of H-pyrrole nitrogens is 1. The van der Waals surface area contributed by atoms with Gasteiger partial charge in [0.2, 0.25) is 0 Å². The van der Waals surface area contributed by atoms with Gasteiger partial charge in [0.05, 0.1) is 12.1 Å². The number of alkyl halides is 2. The molecule has 1 unspecified atom stereocenters. The third-order valence-electron chi connectivity index (χ3n) is 2.07. The van der Waals surface area contributed by atoms with Gasteiger partial charge in [-0.15, -0.1) is 0 Å². The predicted molar refractivity (Wildman–Crippen MR) is 35.6 cm³/mol. The zero-order chi connectivity index (χ0) is 8.06. The molecule has 1 fully saturated rings. The molecule has 2 nitrogen and oxygen atoms in total. The molecule has 1 N–H and O–H groups in total. The van der Waals surface area contributed by atoms with Crippen LogP contribution in [0.5, 0.6) is 0 Å². The first-order valence-corrected chi connectivity index (χ1v) is 3.49. The van der Waals surface area contributed by atoms with Gasteiger partial charge >= 0.3 is 0 Å². The van der Waals surface area contributed by atoms with Gasteiger partial charge in [0.15, 0.2) is 0 Å². The Morgan fingerprint density at radius 1 is 1.73 bits per heavy atom. The molecule has 1 heterocycles. The first-order valence-electron chi connectivity index (χ1n) is 3.49. The SMILES string of the molecule is Cc1[nH]ncc1C1CC1(F)F. The number of hydrogen-bond acceptors (Lipinski definition) is 1. The van der Waals surface area contributed by atoms with Crippen molar-refractivity contribution in [1.82, 2.24) is 10.2 Å². The number of aromatic nitrogens is 2. The smallest absolute Gasteiger partial charge is 0.256 e. The van der Waals surface area contributed by atoms with E-state index in [1.54, 1.807) is 6.92 Å². The van der Waals surface area contributed by atoms with Crippen LogP contribution in [0.4, 0.5) is 8.78 Å². The number of aryl methyl sites for hydroxylation is 1. The Labute approximate surface area is 62.6 Å². The lowest BCUT2D eigenvalue weighted by molar-refractivity contribution is 0.112. The van der Waals surface area contributed by atoms with E-state index in [0.717, 1.165) is 5.69 Å². The normalized spacial score (nSPS) is 27.0. The fourth-order valence-corrected chi connectivity index (χ4v) is 1.26. The van der Waals surface area contributed by atoms with Crippen LogP contribution >= 0.6 is 0 Å². The molecule has 1 aliphatic carbocycles. The van der Waals surface area contributed by atoms with Crippen LogP contribution in [-0.2, 0) is 0 Å². The fourth-order valence-electron chi connectivity index (χ4n) is 1.26. The van der Waals surface area contributed by atoms with Crippen LogP contribution < -0.4 is 0 Å². The molecule has 0 bridgehead atoms. The summed E-state index contributed by atoms with van der Waals surface area (Å²) in [6.07, 6.45) is 1.47. The molecular formula is C7H8F2N2. The molecule has 0 aliphatic heterocycles. The van der Waals surface area contributed by atoms with Crippen molar-refractivity contribution in [2.75, 3.05) is 0 Å². The highest BCUT2D eigenvalue weighted by molar-refractivity contribution is 5.29. The van der Waals surface area contributed by atoms with Crippen LogP contribution in [0, 0.1) is 6.92 Å². The Morgan fingerprint density at radius 3 is 2.73 bits per heavy atom. The molecule has 60 valence electrons. The Hall–Kier alpha value is -0.930. The molecule has 11 heavy (non-hydrogen) atoms. The molecule has 0 amide bonds. The van der Waals surface area contributed by atoms with Crippen LogP contribution in [0.15, 0.2) is 6.20 Å². The maximum Gasteiger partial charge on any atom is 0.256 e. The summed E-state index contributed by atoms with van der Waals surface area (Å²) in [5, 5.41) is 6.33. The highest BCUT2D eigenvalue weighted by Gasteiger charge is 2.58. The number of halogens is 2. The maximum atomic E-state index is 12.5. The van der Waals surface area contributed by atoms with E-state index in [1.165, 1.54) is 6.20 Å². The highest BCUT2D eigenvalue weighted by atomic mass is 19.3. The van der Waals surface area contributed by atoms with Crippen molar-refractivity contribution in [3.8, 4) is 0 Å². The van der Waals surface area contributed by atoms with Gasteiger partial charge in [0.25, 0.3) is 5.92 Å². The second-order valence-corrected chi connectivity index (χ2v) is 2.97. The van der Waals surface area contributed by atoms with E-state index in [-0.39, 0.29) is 6.42 Å². The van der Waals surface area contributed by atoms with Crippen molar-refractivity contribution < 1.29 is 8.78 Å². The number of hydrogen-bond donors (Lipinski definition) is 1. The van der Waals surface area contributed by atoms with Gasteiger partial charge < -0.3 is 0 Å². The van der Waals surface area contributed by atoms with Gasteiger partial charge in [0, 0.05) is 17.7 Å². The minimum atomic E-state index is -2.48. The minimum absolute atomic E-state index is 0.0205. The van der Waals surface area contributed by atoms with E-state index in [4.69, 9.17) is 0 Å². The zero-order valence-corrected chi connectivity index (χ0v) is 6.06. The Balaban J connectivity index is 2.27. The van der Waals surface area contributed by atoms with Gasteiger partial charge in [-0.05, 0) is 6.92 Å². The predicted octanol–water partition coefficient (Wildman–Crippen LogP) is 1.84. The minimum Gasteiger partial charge on any atom is -0.283 e. The van der Waals surface area contributed by atoms with Crippen molar-refractivity contribution in [1.29, 1.82) is 0 Å². The topological polar surface area (TPSA) is 28.7 Å². The molecule has 4 heteroatoms. The number of nitrogens with one attached hydrogen (secondary N) is 1. The van der Waals surface area contributed by atoms with E-state index in [1.807, 2.05) is 0 Å². The van der Waals surface area contributed by atoms with E-state index < -0.39 is 11.8 Å². The number of nitrogens with zero attached hydrogens (tertiary/aromatic N) is 1. The monoisotopic (exact) mass is 158 g/mol. The lowest BCUT2D eigenvalue weighted by atomic mass is 10.2. The van der Waals surface area contributed by atoms with E-state index in [9.17, 15) is 8.78 Å². The quantitative estimate of drug-likeness (QED) is 0.663. The second kappa shape index (κ2) is 1.81. The lowest BCUT2D eigenvalue weighted by Crippen LogP contribution is -1.92. The highest BCUT2D eigenvalue weighted by Crippen LogP contribution is 2.56. The van der Waals surface area contributed by atoms with Crippen LogP contribution in [0.3, 0.4) is 0 Å². The third kappa shape index (κ3) is 0.931. The molecule has 0 radical (unpaired) electrons. The Bertz CT molecular complexity index is 280. The molecule has 0 spiro atoms. The summed E-state index contributed by atoms with van der Waals surface area (Å²) in [7, 11) is 0. The average molecular weight is 158 g/mol. The van der Waals surface area contributed by atoms with Crippen molar-refractivity contribution in [2.24, 2.45) is 0 Å². The molecular weight excluding hydrogens is 150 g/mol. The van der Waals surface area contributed by atoms with Gasteiger partial charge in [-0.1, -0.05) is 0 Å². The van der Waals surface area contributed by atoms with Crippen molar-refractivity contribution in [3.05, 3.63) is 17.5 Å². The van der Waals surface area contributed by atoms with Gasteiger partial charge in [-0.25, -0.2) is 8.78 Å². The van der Waals surface area contributed by atoms with E-state index >= 15 is 0 Å². The molecule has 1 aromatic heterocycles. The fraction of sp³-hybridized carbons (Fsp3) is 0.571. The van der Waals surface area contributed by atoms with Gasteiger partial charge in [-0.3, -0.25) is 5.10 Å². The lowest BCUT2D eigenvalue weighted by Gasteiger charge is -1.94. The molecule has 0 saturated heterocycles. The molecule has 1 atom stereocenters. The molecule has 1 aromatic rings. The number of rotatable bonds is 1. The second-order valence-electron chi connectivity index (χ2n) is 2.97. The average Bonchev–Trinajstić information content (AvgIpc) is 2.38. The Kier molecular flexibility index (Phi) is 1.11. The zero-order valence-electron chi connectivity index (χ0n) is 6.06. The van der Waals surface area contributed by atoms with E-state index in [2.05, 4.69) is 10.2 Å². The summed E-state index contributed by atoms with van der Waals surface area (Å²) in [6, 6.07) is 0. The summed E-state index contributed by atoms with van der Waals surface area (Å²) in [5.41, 5.74) is 1.42. The molecule has 1 saturated carbocycles. The number of aromatic amines is 1. The van der Waals surface area contributed by atoms with Crippen LogP contribution in [0.1, 0.15) is 23.6 Å². The molecule has 1 aliphatic rings. The summed E-state index contributed by atoms with van der Waals surface area (Å²) in [5.74, 6) is -3.06. The molecule has 2 rings (SSSR count). The standard InChI is InChI=1S/C7H8F2N2/c1-4-5(3-10-11-4)6-2-7(6,8)9/h3,6H,2H2,1H3,(H,10,11). The van der Waals surface area contributed by atoms with Crippen molar-refractivity contribution >= 4 is 0 Å². The largest absolute Gasteiger partial charge is 0.283 e. The summed E-state index contributed by atoms with van der Waals surface area (Å²) >= 11 is 0. The third-order valence-corrected chi connectivity index (χ3v) is 2.07. The van der Waals surface area contributed by atoms with Crippen LogP contribution in [-0.4, -0.2) is 16.1 Å². The summed E-state index contributed by atoms with van der Waals surface area (Å²) < 4.78 is 25.0. The van der Waals surface area contributed by atoms with Crippen molar-refractivity contribution in [3.63, 3.8) is 0 Å². The molecule has 0 aromatic carbocycles. The van der Waals surface area contributed by atoms with Gasteiger partial charge in [-0.2, -0.15) is 5.10 Å². The first-order chi connectivity index (χ1) is 5.11. The maximum absolute atomic E-state index is 12.5. The van der Waals surface area contributed by atoms with Crippen LogP contribution in [0.2, 0.25) is 0 Å². The van der Waals surface area contributed by atoms with E-state index in [0.29, 0.717) is 5.56 Å². The van der Waals surface area contributed by atoms with Crippen molar-refractivity contribution in [2.45, 2.75) is 25.2 Å². The summed E-state index contributed by atoms with van der Waals surface area (Å²) in [6.45, 7) is 1.76. The van der Waals surface area contributed by atoms with Gasteiger partial charge in [0.1, 0.15) is 0 Å².